The molecule has 0 amide bonds. The van der Waals surface area contributed by atoms with Crippen LogP contribution in [-0.2, 0) is 9.59 Å². The number of hydrogen-bond acceptors (Lipinski definition) is 9. The molecule has 0 fully saturated rings. The number of ether oxygens (including phenoxy) is 2. The van der Waals surface area contributed by atoms with E-state index in [2.05, 4.69) is 4.98 Å². The molecule has 36 heavy (non-hydrogen) atoms. The number of carbonyl (C=O) groups is 2. The molecule has 1 aromatic heterocycles. The van der Waals surface area contributed by atoms with Gasteiger partial charge in [0.15, 0.2) is 34.6 Å². The van der Waals surface area contributed by atoms with E-state index in [0.717, 1.165) is 6.07 Å². The molecule has 6 N–H and O–H groups in total. The number of H-pyrrole nitrogens is 2. The largest absolute Gasteiger partial charge is 0.504 e. The third kappa shape index (κ3) is 8.71. The first kappa shape index (κ1) is 27.2. The molecule has 0 saturated carbocycles. The average Bonchev–Trinajstić information content (AvgIpc) is 2.82. The lowest BCUT2D eigenvalue weighted by atomic mass is 10.1. The molecule has 0 saturated heterocycles. The topological polar surface area (TPSA) is 185 Å². The van der Waals surface area contributed by atoms with Crippen LogP contribution in [0.25, 0.3) is 12.2 Å². The van der Waals surface area contributed by atoms with Gasteiger partial charge in [0.2, 0.25) is 0 Å². The van der Waals surface area contributed by atoms with Crippen LogP contribution in [-0.4, -0.2) is 46.0 Å². The smallest absolute Gasteiger partial charge is 0.327 e. The van der Waals surface area contributed by atoms with Crippen molar-refractivity contribution in [2.45, 2.75) is 6.42 Å². The van der Waals surface area contributed by atoms with E-state index in [1.807, 2.05) is 4.98 Å². The van der Waals surface area contributed by atoms with Gasteiger partial charge in [-0.15, -0.1) is 0 Å². The Hall–Kier alpha value is -5.06. The Labute approximate surface area is 205 Å². The quantitative estimate of drug-likeness (QED) is 0.230. The average molecular weight is 495 g/mol. The van der Waals surface area contributed by atoms with Gasteiger partial charge >= 0.3 is 5.69 Å². The van der Waals surface area contributed by atoms with E-state index in [1.54, 1.807) is 36.4 Å². The number of nitrogen functional groups attached to an aromatic ring is 1. The molecule has 0 aliphatic heterocycles. The summed E-state index contributed by atoms with van der Waals surface area (Å²) in [6.07, 6.45) is 5.44. The molecule has 188 valence electrons. The lowest BCUT2D eigenvalue weighted by molar-refractivity contribution is -0.121. The van der Waals surface area contributed by atoms with Crippen molar-refractivity contribution in [3.63, 3.8) is 0 Å². The highest BCUT2D eigenvalue weighted by molar-refractivity contribution is 6.10. The van der Waals surface area contributed by atoms with Gasteiger partial charge in [0.25, 0.3) is 5.56 Å². The lowest BCUT2D eigenvalue weighted by Crippen LogP contribution is -2.22. The number of aromatic nitrogens is 2. The molecule has 0 bridgehead atoms. The van der Waals surface area contributed by atoms with Crippen LogP contribution in [0.15, 0.2) is 64.2 Å². The van der Waals surface area contributed by atoms with E-state index >= 15 is 0 Å². The van der Waals surface area contributed by atoms with Gasteiger partial charge in [0, 0.05) is 6.07 Å². The number of nitrogens with one attached hydrogen (secondary N) is 2. The van der Waals surface area contributed by atoms with Crippen molar-refractivity contribution in [3.8, 4) is 23.0 Å². The van der Waals surface area contributed by atoms with Crippen molar-refractivity contribution in [3.05, 3.63) is 86.6 Å². The van der Waals surface area contributed by atoms with E-state index in [1.165, 1.54) is 38.5 Å². The van der Waals surface area contributed by atoms with Crippen molar-refractivity contribution in [1.29, 1.82) is 0 Å². The summed E-state index contributed by atoms with van der Waals surface area (Å²) < 4.78 is 10.00. The maximum atomic E-state index is 11.9. The zero-order chi connectivity index (χ0) is 26.7. The molecule has 0 aliphatic rings. The Morgan fingerprint density at radius 3 is 1.69 bits per heavy atom. The zero-order valence-corrected chi connectivity index (χ0v) is 19.5. The van der Waals surface area contributed by atoms with Crippen molar-refractivity contribution in [2.24, 2.45) is 0 Å². The first-order chi connectivity index (χ1) is 17.1. The van der Waals surface area contributed by atoms with Crippen LogP contribution in [0.1, 0.15) is 17.5 Å². The number of aromatic amines is 2. The molecule has 2 aromatic carbocycles. The number of hydrogen-bond donors (Lipinski definition) is 5. The molecule has 0 aliphatic carbocycles. The normalized spacial score (nSPS) is 10.6. The summed E-state index contributed by atoms with van der Waals surface area (Å²) in [6, 6.07) is 10.4. The second-order valence-electron chi connectivity index (χ2n) is 7.18. The summed E-state index contributed by atoms with van der Waals surface area (Å²) in [6.45, 7) is 0. The number of carbonyl (C=O) groups excluding carboxylic acids is 2. The summed E-state index contributed by atoms with van der Waals surface area (Å²) in [5.41, 5.74) is 5.34. The first-order valence-electron chi connectivity index (χ1n) is 10.4. The van der Waals surface area contributed by atoms with Gasteiger partial charge in [0.05, 0.1) is 20.6 Å². The second kappa shape index (κ2) is 13.0. The number of anilines is 1. The second-order valence-corrected chi connectivity index (χ2v) is 7.18. The van der Waals surface area contributed by atoms with Crippen molar-refractivity contribution in [2.75, 3.05) is 20.0 Å². The Morgan fingerprint density at radius 2 is 1.31 bits per heavy atom. The van der Waals surface area contributed by atoms with E-state index in [9.17, 15) is 29.4 Å². The molecule has 11 heteroatoms. The molecule has 0 spiro atoms. The van der Waals surface area contributed by atoms with E-state index in [-0.39, 0.29) is 35.3 Å². The summed E-state index contributed by atoms with van der Waals surface area (Å²) >= 11 is 0. The van der Waals surface area contributed by atoms with E-state index < -0.39 is 11.2 Å². The zero-order valence-electron chi connectivity index (χ0n) is 19.5. The highest BCUT2D eigenvalue weighted by atomic mass is 16.5. The summed E-state index contributed by atoms with van der Waals surface area (Å²) in [5, 5.41) is 19.1. The molecule has 3 rings (SSSR count). The van der Waals surface area contributed by atoms with Gasteiger partial charge in [-0.25, -0.2) is 4.79 Å². The number of aromatic hydroxyl groups is 2. The number of benzene rings is 2. The van der Waals surface area contributed by atoms with Gasteiger partial charge in [-0.3, -0.25) is 24.4 Å². The number of ketones is 2. The molecule has 0 unspecified atom stereocenters. The van der Waals surface area contributed by atoms with Gasteiger partial charge < -0.3 is 25.4 Å². The minimum absolute atomic E-state index is 0.00662. The highest BCUT2D eigenvalue weighted by Gasteiger charge is 2.06. The number of phenolic OH excluding ortho intramolecular Hbond substituents is 2. The molecular weight excluding hydrogens is 470 g/mol. The molecule has 0 radical (unpaired) electrons. The Morgan fingerprint density at radius 1 is 0.833 bits per heavy atom. The van der Waals surface area contributed by atoms with Crippen LogP contribution in [0.2, 0.25) is 0 Å². The first-order valence-corrected chi connectivity index (χ1v) is 10.4. The number of phenols is 2. The number of rotatable bonds is 8. The van der Waals surface area contributed by atoms with Gasteiger partial charge in [-0.2, -0.15) is 0 Å². The minimum atomic E-state index is -0.583. The predicted octanol–water partition coefficient (Wildman–Crippen LogP) is 2.02. The lowest BCUT2D eigenvalue weighted by Gasteiger charge is -2.03. The standard InChI is InChI=1S/C21H20O6.C4H5N3O2/c1-26-20-11-14(5-9-18(20)24)3-7-16(22)13-17(23)8-4-15-6-10-19(25)21(12-15)27-2;5-2-1-3(8)7-4(9)6-2/h3-12,24-25H,13H2,1-2H3;1H,(H4,5,6,7,8,9)/b7-3+,8-4+;. The summed E-state index contributed by atoms with van der Waals surface area (Å²) in [4.78, 5) is 48.7. The Bertz CT molecular complexity index is 1300. The minimum Gasteiger partial charge on any atom is -0.504 e. The van der Waals surface area contributed by atoms with Crippen molar-refractivity contribution >= 4 is 29.5 Å². The fourth-order valence-corrected chi connectivity index (χ4v) is 2.75. The molecular formula is C25H25N3O8. The number of allylic oxidation sites excluding steroid dienone is 2. The number of methoxy groups -OCH3 is 2. The van der Waals surface area contributed by atoms with Crippen LogP contribution < -0.4 is 26.5 Å². The van der Waals surface area contributed by atoms with Gasteiger partial charge in [0.1, 0.15) is 5.82 Å². The highest BCUT2D eigenvalue weighted by Crippen LogP contribution is 2.27. The number of nitrogens with two attached hydrogens (primary N) is 1. The van der Waals surface area contributed by atoms with Gasteiger partial charge in [-0.05, 0) is 47.5 Å². The predicted molar refractivity (Wildman–Crippen MR) is 134 cm³/mol. The SMILES string of the molecule is COc1cc(/C=C/C(=O)CC(=O)/C=C/c2ccc(O)c(OC)c2)ccc1O.Nc1cc(=O)[nH]c(=O)[nH]1. The summed E-state index contributed by atoms with van der Waals surface area (Å²) in [5.74, 6) is -0.0103. The Balaban J connectivity index is 0.000000425. The van der Waals surface area contributed by atoms with Crippen LogP contribution >= 0.6 is 0 Å². The van der Waals surface area contributed by atoms with Crippen LogP contribution in [0.4, 0.5) is 5.82 Å². The van der Waals surface area contributed by atoms with Crippen LogP contribution in [0.3, 0.4) is 0 Å². The monoisotopic (exact) mass is 495 g/mol. The molecule has 3 aromatic rings. The van der Waals surface area contributed by atoms with Gasteiger partial charge in [-0.1, -0.05) is 24.3 Å². The fourth-order valence-electron chi connectivity index (χ4n) is 2.75. The third-order valence-electron chi connectivity index (χ3n) is 4.46. The van der Waals surface area contributed by atoms with E-state index in [4.69, 9.17) is 15.2 Å². The van der Waals surface area contributed by atoms with Crippen LogP contribution in [0.5, 0.6) is 23.0 Å². The van der Waals surface area contributed by atoms with E-state index in [0.29, 0.717) is 22.6 Å². The van der Waals surface area contributed by atoms with Crippen LogP contribution in [0, 0.1) is 0 Å². The maximum absolute atomic E-state index is 11.9. The van der Waals surface area contributed by atoms with Crippen molar-refractivity contribution in [1.82, 2.24) is 9.97 Å². The molecule has 1 heterocycles. The van der Waals surface area contributed by atoms with Crippen molar-refractivity contribution < 1.29 is 29.3 Å². The third-order valence-corrected chi connectivity index (χ3v) is 4.46. The Kier molecular flexibility index (Phi) is 9.81. The maximum Gasteiger partial charge on any atom is 0.327 e. The molecule has 0 atom stereocenters. The fraction of sp³-hybridized carbons (Fsp3) is 0.120. The summed E-state index contributed by atoms with van der Waals surface area (Å²) in [7, 11) is 2.87. The molecule has 11 nitrogen and oxygen atoms in total.